The number of benzene rings is 1. The summed E-state index contributed by atoms with van der Waals surface area (Å²) in [4.78, 5) is 10.3. The molecule has 6 nitrogen and oxygen atoms in total. The molecule has 7 heteroatoms. The van der Waals surface area contributed by atoms with E-state index in [-0.39, 0.29) is 4.90 Å². The van der Waals surface area contributed by atoms with Crippen molar-refractivity contribution < 1.29 is 23.4 Å². The molecular weight excluding hydrogens is 246 g/mol. The fraction of sp³-hybridized carbons (Fsp3) is 0.300. The summed E-state index contributed by atoms with van der Waals surface area (Å²) in [5.41, 5.74) is 0.912. The zero-order chi connectivity index (χ0) is 13.1. The molecule has 1 aromatic rings. The van der Waals surface area contributed by atoms with Crippen LogP contribution in [0.25, 0.3) is 0 Å². The van der Waals surface area contributed by atoms with Crippen LogP contribution in [0.3, 0.4) is 0 Å². The van der Waals surface area contributed by atoms with Gasteiger partial charge < -0.3 is 10.2 Å². The monoisotopic (exact) mass is 259 g/mol. The Labute approximate surface area is 99.0 Å². The molecule has 0 aromatic heterocycles. The van der Waals surface area contributed by atoms with Crippen LogP contribution in [0.15, 0.2) is 29.2 Å². The number of aliphatic carboxylic acids is 1. The van der Waals surface area contributed by atoms with Gasteiger partial charge in [-0.25, -0.2) is 17.9 Å². The molecule has 0 bridgehead atoms. The van der Waals surface area contributed by atoms with Crippen molar-refractivity contribution in [2.45, 2.75) is 17.9 Å². The number of carbonyl (C=O) groups is 1. The Bertz CT molecular complexity index is 494. The minimum Gasteiger partial charge on any atom is -0.479 e. The van der Waals surface area contributed by atoms with Gasteiger partial charge >= 0.3 is 5.97 Å². The highest BCUT2D eigenvalue weighted by Gasteiger charge is 2.19. The van der Waals surface area contributed by atoms with E-state index in [4.69, 9.17) is 10.2 Å². The predicted molar refractivity (Wildman–Crippen MR) is 60.0 cm³/mol. The highest BCUT2D eigenvalue weighted by atomic mass is 32.2. The van der Waals surface area contributed by atoms with Crippen LogP contribution in [0.4, 0.5) is 0 Å². The Morgan fingerprint density at radius 2 is 1.88 bits per heavy atom. The summed E-state index contributed by atoms with van der Waals surface area (Å²) >= 11 is 0. The molecule has 3 N–H and O–H groups in total. The standard InChI is InChI=1S/C10H13NO5S/c1-7-2-4-8(5-3-7)17(15,16)11-6-9(12)10(13)14/h2-5,9,11-12H,6H2,1H3,(H,13,14)/t9-/m0/s1. The molecule has 0 radical (unpaired) electrons. The van der Waals surface area contributed by atoms with Crippen LogP contribution in [-0.4, -0.2) is 37.2 Å². The van der Waals surface area contributed by atoms with Crippen LogP contribution in [0, 0.1) is 6.92 Å². The first kappa shape index (κ1) is 13.6. The second-order valence-corrected chi connectivity index (χ2v) is 5.29. The maximum atomic E-state index is 11.7. The van der Waals surface area contributed by atoms with Gasteiger partial charge in [0.2, 0.25) is 10.0 Å². The number of rotatable bonds is 5. The van der Waals surface area contributed by atoms with Crippen LogP contribution >= 0.6 is 0 Å². The van der Waals surface area contributed by atoms with Gasteiger partial charge in [-0.1, -0.05) is 17.7 Å². The Morgan fingerprint density at radius 1 is 1.35 bits per heavy atom. The van der Waals surface area contributed by atoms with Crippen molar-refractivity contribution >= 4 is 16.0 Å². The lowest BCUT2D eigenvalue weighted by Crippen LogP contribution is -2.36. The van der Waals surface area contributed by atoms with E-state index < -0.39 is 28.6 Å². The normalized spacial score (nSPS) is 13.3. The van der Waals surface area contributed by atoms with Gasteiger partial charge in [-0.2, -0.15) is 0 Å². The third-order valence-corrected chi connectivity index (χ3v) is 3.52. The predicted octanol–water partition coefficient (Wildman–Crippen LogP) is -0.281. The Hall–Kier alpha value is -1.44. The van der Waals surface area contributed by atoms with Gasteiger partial charge in [-0.05, 0) is 19.1 Å². The number of aliphatic hydroxyl groups excluding tert-OH is 1. The van der Waals surface area contributed by atoms with E-state index in [1.165, 1.54) is 12.1 Å². The second-order valence-electron chi connectivity index (χ2n) is 3.52. The molecular formula is C10H13NO5S. The van der Waals surface area contributed by atoms with Gasteiger partial charge in [0, 0.05) is 6.54 Å². The zero-order valence-electron chi connectivity index (χ0n) is 9.12. The highest BCUT2D eigenvalue weighted by molar-refractivity contribution is 7.89. The average Bonchev–Trinajstić information content (AvgIpc) is 2.26. The van der Waals surface area contributed by atoms with E-state index >= 15 is 0 Å². The van der Waals surface area contributed by atoms with Crippen molar-refractivity contribution in [3.05, 3.63) is 29.8 Å². The van der Waals surface area contributed by atoms with E-state index in [1.54, 1.807) is 12.1 Å². The summed E-state index contributed by atoms with van der Waals surface area (Å²) in [7, 11) is -3.78. The number of nitrogens with one attached hydrogen (secondary N) is 1. The van der Waals surface area contributed by atoms with Crippen molar-refractivity contribution in [2.75, 3.05) is 6.54 Å². The van der Waals surface area contributed by atoms with E-state index in [9.17, 15) is 13.2 Å². The zero-order valence-corrected chi connectivity index (χ0v) is 9.94. The Balaban J connectivity index is 2.76. The van der Waals surface area contributed by atoms with Crippen molar-refractivity contribution in [1.29, 1.82) is 0 Å². The first-order valence-corrected chi connectivity index (χ1v) is 6.28. The lowest BCUT2D eigenvalue weighted by Gasteiger charge is -2.08. The van der Waals surface area contributed by atoms with Crippen LogP contribution in [0.2, 0.25) is 0 Å². The van der Waals surface area contributed by atoms with Gasteiger partial charge in [-0.3, -0.25) is 0 Å². The quantitative estimate of drug-likeness (QED) is 0.674. The molecule has 0 saturated carbocycles. The van der Waals surface area contributed by atoms with Gasteiger partial charge in [-0.15, -0.1) is 0 Å². The van der Waals surface area contributed by atoms with Gasteiger partial charge in [0.15, 0.2) is 6.10 Å². The molecule has 94 valence electrons. The number of carboxylic acids is 1. The number of sulfonamides is 1. The van der Waals surface area contributed by atoms with Crippen LogP contribution in [-0.2, 0) is 14.8 Å². The molecule has 1 rings (SSSR count). The first-order chi connectivity index (χ1) is 7.83. The van der Waals surface area contributed by atoms with Crippen molar-refractivity contribution in [1.82, 2.24) is 4.72 Å². The van der Waals surface area contributed by atoms with Crippen molar-refractivity contribution in [3.8, 4) is 0 Å². The molecule has 1 atom stereocenters. The molecule has 0 saturated heterocycles. The maximum absolute atomic E-state index is 11.7. The topological polar surface area (TPSA) is 104 Å². The van der Waals surface area contributed by atoms with Crippen molar-refractivity contribution in [3.63, 3.8) is 0 Å². The molecule has 0 spiro atoms. The molecule has 0 fully saturated rings. The summed E-state index contributed by atoms with van der Waals surface area (Å²) in [6.07, 6.45) is -1.75. The highest BCUT2D eigenvalue weighted by Crippen LogP contribution is 2.09. The summed E-state index contributed by atoms with van der Waals surface area (Å²) in [6, 6.07) is 6.07. The number of aliphatic hydroxyl groups is 1. The minimum absolute atomic E-state index is 0.0284. The third-order valence-electron chi connectivity index (χ3n) is 2.08. The Morgan fingerprint density at radius 3 is 2.35 bits per heavy atom. The van der Waals surface area contributed by atoms with Crippen molar-refractivity contribution in [2.24, 2.45) is 0 Å². The first-order valence-electron chi connectivity index (χ1n) is 4.80. The molecule has 0 aliphatic carbocycles. The van der Waals surface area contributed by atoms with Gasteiger partial charge in [0.05, 0.1) is 4.90 Å². The fourth-order valence-corrected chi connectivity index (χ4v) is 2.12. The Kier molecular flexibility index (Phi) is 4.22. The van der Waals surface area contributed by atoms with E-state index in [1.807, 2.05) is 11.6 Å². The lowest BCUT2D eigenvalue weighted by molar-refractivity contribution is -0.146. The second kappa shape index (κ2) is 5.26. The molecule has 0 unspecified atom stereocenters. The van der Waals surface area contributed by atoms with Crippen LogP contribution in [0.1, 0.15) is 5.56 Å². The molecule has 0 aliphatic rings. The summed E-state index contributed by atoms with van der Waals surface area (Å²) in [5, 5.41) is 17.4. The van der Waals surface area contributed by atoms with E-state index in [0.29, 0.717) is 0 Å². The van der Waals surface area contributed by atoms with E-state index in [0.717, 1.165) is 5.56 Å². The average molecular weight is 259 g/mol. The number of carboxylic acid groups (broad SMARTS) is 1. The number of hydrogen-bond acceptors (Lipinski definition) is 4. The largest absolute Gasteiger partial charge is 0.479 e. The minimum atomic E-state index is -3.78. The maximum Gasteiger partial charge on any atom is 0.333 e. The van der Waals surface area contributed by atoms with Gasteiger partial charge in [0.1, 0.15) is 0 Å². The van der Waals surface area contributed by atoms with E-state index in [2.05, 4.69) is 0 Å². The molecule has 0 amide bonds. The smallest absolute Gasteiger partial charge is 0.333 e. The molecule has 1 aromatic carbocycles. The molecule has 0 aliphatic heterocycles. The number of aryl methyl sites for hydroxylation is 1. The molecule has 0 heterocycles. The lowest BCUT2D eigenvalue weighted by atomic mass is 10.2. The number of hydrogen-bond donors (Lipinski definition) is 3. The fourth-order valence-electron chi connectivity index (χ4n) is 1.08. The summed E-state index contributed by atoms with van der Waals surface area (Å²) in [6.45, 7) is 1.25. The summed E-state index contributed by atoms with van der Waals surface area (Å²) in [5.74, 6) is -1.48. The molecule has 17 heavy (non-hydrogen) atoms. The van der Waals surface area contributed by atoms with Crippen LogP contribution in [0.5, 0.6) is 0 Å². The van der Waals surface area contributed by atoms with Gasteiger partial charge in [0.25, 0.3) is 0 Å². The summed E-state index contributed by atoms with van der Waals surface area (Å²) < 4.78 is 25.3. The third kappa shape index (κ3) is 3.81. The SMILES string of the molecule is Cc1ccc(S(=O)(=O)NC[C@H](O)C(=O)O)cc1. The van der Waals surface area contributed by atoms with Crippen LogP contribution < -0.4 is 4.72 Å².